The van der Waals surface area contributed by atoms with Crippen LogP contribution in [-0.4, -0.2) is 63.9 Å². The van der Waals surface area contributed by atoms with Crippen LogP contribution in [0.4, 0.5) is 0 Å². The highest BCUT2D eigenvalue weighted by atomic mass is 16.5. The third-order valence-electron chi connectivity index (χ3n) is 5.49. The molecule has 0 radical (unpaired) electrons. The molecule has 0 aromatic carbocycles. The number of rotatable bonds is 8. The summed E-state index contributed by atoms with van der Waals surface area (Å²) in [6.45, 7) is 6.21. The normalized spacial score (nSPS) is 15.9. The molecule has 1 N–H and O–H groups in total. The van der Waals surface area contributed by atoms with Crippen LogP contribution in [0, 0.1) is 13.8 Å². The minimum absolute atomic E-state index is 0.0577. The fourth-order valence-electron chi connectivity index (χ4n) is 3.92. The van der Waals surface area contributed by atoms with Gasteiger partial charge in [-0.2, -0.15) is 5.10 Å². The first kappa shape index (κ1) is 20.9. The number of amides is 2. The van der Waals surface area contributed by atoms with Crippen LogP contribution in [0.1, 0.15) is 38.2 Å². The van der Waals surface area contributed by atoms with Crippen molar-refractivity contribution in [2.24, 2.45) is 0 Å². The van der Waals surface area contributed by atoms with Crippen molar-refractivity contribution in [3.05, 3.63) is 65.1 Å². The molecule has 3 aromatic rings. The molecular formula is C22H27N5O4. The van der Waals surface area contributed by atoms with Gasteiger partial charge < -0.3 is 23.9 Å². The quantitative estimate of drug-likeness (QED) is 0.594. The van der Waals surface area contributed by atoms with E-state index in [4.69, 9.17) is 9.15 Å². The maximum Gasteiger partial charge on any atom is 0.287 e. The third-order valence-corrected chi connectivity index (χ3v) is 5.49. The fourth-order valence-corrected chi connectivity index (χ4v) is 3.92. The summed E-state index contributed by atoms with van der Waals surface area (Å²) in [5.74, 6) is 0.529. The number of methoxy groups -OCH3 is 1. The summed E-state index contributed by atoms with van der Waals surface area (Å²) in [5, 5.41) is 7.33. The Balaban J connectivity index is 1.40. The summed E-state index contributed by atoms with van der Waals surface area (Å²) in [6, 6.07) is 8.94. The van der Waals surface area contributed by atoms with Crippen molar-refractivity contribution in [2.75, 3.05) is 26.8 Å². The van der Waals surface area contributed by atoms with E-state index in [1.807, 2.05) is 47.5 Å². The van der Waals surface area contributed by atoms with Crippen LogP contribution in [0.15, 0.2) is 40.9 Å². The zero-order valence-corrected chi connectivity index (χ0v) is 18.0. The van der Waals surface area contributed by atoms with Crippen LogP contribution >= 0.6 is 0 Å². The Morgan fingerprint density at radius 1 is 1.32 bits per heavy atom. The summed E-state index contributed by atoms with van der Waals surface area (Å²) in [4.78, 5) is 27.2. The molecule has 9 nitrogen and oxygen atoms in total. The number of nitrogens with one attached hydrogen (secondary N) is 1. The van der Waals surface area contributed by atoms with Gasteiger partial charge in [0.15, 0.2) is 5.76 Å². The number of hydrogen-bond acceptors (Lipinski definition) is 5. The topological polar surface area (TPSA) is 94.5 Å². The van der Waals surface area contributed by atoms with Gasteiger partial charge in [-0.1, -0.05) is 0 Å². The molecule has 0 aliphatic carbocycles. The van der Waals surface area contributed by atoms with Crippen molar-refractivity contribution in [1.82, 2.24) is 24.6 Å². The van der Waals surface area contributed by atoms with Gasteiger partial charge in [0.25, 0.3) is 11.8 Å². The van der Waals surface area contributed by atoms with Crippen molar-refractivity contribution < 1.29 is 18.7 Å². The molecule has 1 aliphatic rings. The lowest BCUT2D eigenvalue weighted by atomic mass is 10.1. The zero-order chi connectivity index (χ0) is 22.0. The van der Waals surface area contributed by atoms with Gasteiger partial charge in [0.1, 0.15) is 11.5 Å². The molecule has 1 atom stereocenters. The van der Waals surface area contributed by atoms with Crippen molar-refractivity contribution in [3.8, 4) is 0 Å². The predicted molar refractivity (Wildman–Crippen MR) is 113 cm³/mol. The molecule has 9 heteroatoms. The van der Waals surface area contributed by atoms with Gasteiger partial charge in [0, 0.05) is 38.6 Å². The second kappa shape index (κ2) is 8.81. The van der Waals surface area contributed by atoms with Gasteiger partial charge in [-0.25, -0.2) is 0 Å². The summed E-state index contributed by atoms with van der Waals surface area (Å²) in [5.41, 5.74) is 2.62. The van der Waals surface area contributed by atoms with Crippen LogP contribution in [0.5, 0.6) is 0 Å². The minimum Gasteiger partial charge on any atom is -0.454 e. The molecule has 0 fully saturated rings. The number of aromatic nitrogens is 3. The van der Waals surface area contributed by atoms with Crippen LogP contribution in [0.25, 0.3) is 0 Å². The van der Waals surface area contributed by atoms with Crippen molar-refractivity contribution in [3.63, 3.8) is 0 Å². The standard InChI is InChI=1S/C22H27N5O4/c1-15-11-16(2)27(24-15)14-18-6-7-20(31-18)21(28)23-12-17-13-25-8-4-5-19(25)22(29)26(17)9-10-30-3/h4-8,11,17H,9-10,12-14H2,1-3H3,(H,23,28). The molecule has 31 heavy (non-hydrogen) atoms. The highest BCUT2D eigenvalue weighted by Crippen LogP contribution is 2.18. The van der Waals surface area contributed by atoms with E-state index in [0.29, 0.717) is 44.2 Å². The molecule has 0 saturated carbocycles. The molecule has 2 amide bonds. The van der Waals surface area contributed by atoms with E-state index in [1.54, 1.807) is 24.1 Å². The van der Waals surface area contributed by atoms with E-state index in [1.165, 1.54) is 0 Å². The second-order valence-corrected chi connectivity index (χ2v) is 7.75. The largest absolute Gasteiger partial charge is 0.454 e. The zero-order valence-electron chi connectivity index (χ0n) is 18.0. The molecule has 164 valence electrons. The Bertz CT molecular complexity index is 1080. The minimum atomic E-state index is -0.308. The van der Waals surface area contributed by atoms with Crippen LogP contribution < -0.4 is 5.32 Å². The van der Waals surface area contributed by atoms with E-state index in [2.05, 4.69) is 10.4 Å². The van der Waals surface area contributed by atoms with Gasteiger partial charge in [-0.05, 0) is 44.2 Å². The van der Waals surface area contributed by atoms with Crippen molar-refractivity contribution >= 4 is 11.8 Å². The first-order valence-electron chi connectivity index (χ1n) is 10.3. The second-order valence-electron chi connectivity index (χ2n) is 7.75. The summed E-state index contributed by atoms with van der Waals surface area (Å²) in [6.07, 6.45) is 1.88. The number of carbonyl (C=O) groups is 2. The van der Waals surface area contributed by atoms with Gasteiger partial charge in [-0.3, -0.25) is 14.3 Å². The SMILES string of the molecule is COCCN1C(=O)c2cccn2CC1CNC(=O)c1ccc(Cn2nc(C)cc2C)o1. The number of fused-ring (bicyclic) bond motifs is 1. The maximum atomic E-state index is 12.8. The lowest BCUT2D eigenvalue weighted by Crippen LogP contribution is -2.53. The molecule has 3 aromatic heterocycles. The number of ether oxygens (including phenoxy) is 1. The monoisotopic (exact) mass is 425 g/mol. The average molecular weight is 425 g/mol. The van der Waals surface area contributed by atoms with Gasteiger partial charge in [-0.15, -0.1) is 0 Å². The third kappa shape index (κ3) is 4.41. The smallest absolute Gasteiger partial charge is 0.287 e. The molecule has 1 unspecified atom stereocenters. The summed E-state index contributed by atoms with van der Waals surface area (Å²) in [7, 11) is 1.61. The lowest BCUT2D eigenvalue weighted by Gasteiger charge is -2.36. The lowest BCUT2D eigenvalue weighted by molar-refractivity contribution is 0.0503. The van der Waals surface area contributed by atoms with E-state index < -0.39 is 0 Å². The van der Waals surface area contributed by atoms with Crippen molar-refractivity contribution in [2.45, 2.75) is 33.0 Å². The highest BCUT2D eigenvalue weighted by Gasteiger charge is 2.32. The first-order chi connectivity index (χ1) is 15.0. The first-order valence-corrected chi connectivity index (χ1v) is 10.3. The number of furan rings is 1. The summed E-state index contributed by atoms with van der Waals surface area (Å²) >= 11 is 0. The number of nitrogens with zero attached hydrogens (tertiary/aromatic N) is 4. The predicted octanol–water partition coefficient (Wildman–Crippen LogP) is 1.84. The Labute approximate surface area is 180 Å². The van der Waals surface area contributed by atoms with Crippen LogP contribution in [0.2, 0.25) is 0 Å². The molecule has 4 heterocycles. The molecule has 0 saturated heterocycles. The van der Waals surface area contributed by atoms with Crippen molar-refractivity contribution in [1.29, 1.82) is 0 Å². The molecular weight excluding hydrogens is 398 g/mol. The summed E-state index contributed by atoms with van der Waals surface area (Å²) < 4.78 is 14.6. The van der Waals surface area contributed by atoms with E-state index in [9.17, 15) is 9.59 Å². The van der Waals surface area contributed by atoms with E-state index in [0.717, 1.165) is 11.4 Å². The molecule has 0 bridgehead atoms. The van der Waals surface area contributed by atoms with E-state index in [-0.39, 0.29) is 23.6 Å². The number of aryl methyl sites for hydroxylation is 2. The highest BCUT2D eigenvalue weighted by molar-refractivity contribution is 5.94. The number of hydrogen-bond donors (Lipinski definition) is 1. The van der Waals surface area contributed by atoms with Crippen LogP contribution in [0.3, 0.4) is 0 Å². The average Bonchev–Trinajstić information content (AvgIpc) is 3.46. The number of carbonyl (C=O) groups excluding carboxylic acids is 2. The maximum absolute atomic E-state index is 12.8. The van der Waals surface area contributed by atoms with Gasteiger partial charge >= 0.3 is 0 Å². The Morgan fingerprint density at radius 3 is 2.90 bits per heavy atom. The molecule has 0 spiro atoms. The Hall–Kier alpha value is -3.33. The Kier molecular flexibility index (Phi) is 5.94. The fraction of sp³-hybridized carbons (Fsp3) is 0.409. The van der Waals surface area contributed by atoms with E-state index >= 15 is 0 Å². The molecule has 4 rings (SSSR count). The van der Waals surface area contributed by atoms with Crippen LogP contribution in [-0.2, 0) is 17.8 Å². The van der Waals surface area contributed by atoms with Gasteiger partial charge in [0.2, 0.25) is 0 Å². The molecule has 1 aliphatic heterocycles. The van der Waals surface area contributed by atoms with Gasteiger partial charge in [0.05, 0.1) is 24.9 Å². The Morgan fingerprint density at radius 2 is 2.16 bits per heavy atom.